The molecular weight excluding hydrogens is 622 g/mol. The first kappa shape index (κ1) is 39.7. The monoisotopic (exact) mass is 675 g/mol. The van der Waals surface area contributed by atoms with Crippen molar-refractivity contribution in [3.8, 4) is 11.5 Å². The van der Waals surface area contributed by atoms with Crippen LogP contribution < -0.4 is 9.31 Å². The van der Waals surface area contributed by atoms with Crippen LogP contribution in [0.1, 0.15) is 96.2 Å². The van der Waals surface area contributed by atoms with Crippen molar-refractivity contribution in [1.29, 1.82) is 0 Å². The van der Waals surface area contributed by atoms with E-state index in [1.165, 1.54) is 100 Å². The molecule has 0 N–H and O–H groups in total. The molecule has 4 nitrogen and oxygen atoms in total. The summed E-state index contributed by atoms with van der Waals surface area (Å²) in [6.45, 7) is 12.9. The van der Waals surface area contributed by atoms with Crippen LogP contribution in [0, 0.1) is 23.5 Å². The molecular formula is C41H53BF3NO3. The molecule has 0 aromatic heterocycles. The Kier molecular flexibility index (Phi) is 17.9. The number of quaternary nitrogens is 1. The van der Waals surface area contributed by atoms with Crippen LogP contribution in [0.5, 0.6) is 11.5 Å². The van der Waals surface area contributed by atoms with Gasteiger partial charge >= 0.3 is 7.32 Å². The maximum atomic E-state index is 13.9. The summed E-state index contributed by atoms with van der Waals surface area (Å²) in [5.41, 5.74) is 2.39. The van der Waals surface area contributed by atoms with E-state index in [1.54, 1.807) is 36.4 Å². The van der Waals surface area contributed by atoms with Crippen LogP contribution in [0.3, 0.4) is 0 Å². The fourth-order valence-corrected chi connectivity index (χ4v) is 6.13. The van der Waals surface area contributed by atoms with Crippen molar-refractivity contribution < 1.29 is 31.6 Å². The Labute approximate surface area is 293 Å². The summed E-state index contributed by atoms with van der Waals surface area (Å²) in [4.78, 5) is 0. The van der Waals surface area contributed by atoms with Crippen molar-refractivity contribution in [3.05, 3.63) is 132 Å². The number of rotatable bonds is 20. The predicted molar refractivity (Wildman–Crippen MR) is 194 cm³/mol. The highest BCUT2D eigenvalue weighted by molar-refractivity contribution is 6.38. The van der Waals surface area contributed by atoms with E-state index in [0.29, 0.717) is 6.04 Å². The lowest BCUT2D eigenvalue weighted by molar-refractivity contribution is -0.958. The normalized spacial score (nSPS) is 11.7. The number of halogens is 3. The molecule has 0 spiro atoms. The van der Waals surface area contributed by atoms with Gasteiger partial charge in [-0.3, -0.25) is 4.39 Å². The summed E-state index contributed by atoms with van der Waals surface area (Å²) < 4.78 is 58.9. The van der Waals surface area contributed by atoms with Crippen molar-refractivity contribution in [3.63, 3.8) is 0 Å². The molecule has 1 unspecified atom stereocenters. The average molecular weight is 676 g/mol. The smallest absolute Gasteiger partial charge is 0.501 e. The third-order valence-electron chi connectivity index (χ3n) is 8.61. The number of nitrogens with zero attached hydrogens (tertiary/aromatic N) is 1. The minimum absolute atomic E-state index is 0.234. The average Bonchev–Trinajstić information content (AvgIpc) is 3.10. The van der Waals surface area contributed by atoms with Gasteiger partial charge in [0.15, 0.2) is 0 Å². The highest BCUT2D eigenvalue weighted by atomic mass is 19.1. The van der Waals surface area contributed by atoms with E-state index in [4.69, 9.17) is 14.0 Å². The maximum Gasteiger partial charge on any atom is 0.788 e. The fraction of sp³-hybridized carbons (Fsp3) is 0.415. The number of unbranched alkanes of at least 4 members (excludes halogenated alkanes) is 3. The molecule has 0 heterocycles. The van der Waals surface area contributed by atoms with Gasteiger partial charge in [0, 0.05) is 29.9 Å². The maximum absolute atomic E-state index is 13.9. The second kappa shape index (κ2) is 22.1. The molecule has 0 aliphatic rings. The van der Waals surface area contributed by atoms with Crippen LogP contribution in [0.4, 0.5) is 13.2 Å². The van der Waals surface area contributed by atoms with E-state index in [9.17, 15) is 13.2 Å². The van der Waals surface area contributed by atoms with Gasteiger partial charge in [0.2, 0.25) is 0 Å². The number of hydrogen-bond donors (Lipinski definition) is 0. The highest BCUT2D eigenvalue weighted by Crippen LogP contribution is 2.37. The fourth-order valence-electron chi connectivity index (χ4n) is 6.13. The molecule has 0 saturated heterocycles. The minimum Gasteiger partial charge on any atom is -0.501 e. The summed E-state index contributed by atoms with van der Waals surface area (Å²) >= 11 is 0. The van der Waals surface area contributed by atoms with E-state index in [-0.39, 0.29) is 23.9 Å². The van der Waals surface area contributed by atoms with E-state index in [0.717, 1.165) is 22.9 Å². The van der Waals surface area contributed by atoms with E-state index in [2.05, 4.69) is 52.0 Å². The van der Waals surface area contributed by atoms with Gasteiger partial charge in [-0.05, 0) is 49.1 Å². The van der Waals surface area contributed by atoms with Crippen LogP contribution >= 0.6 is 0 Å². The van der Waals surface area contributed by atoms with Crippen molar-refractivity contribution in [1.82, 2.24) is 0 Å². The third kappa shape index (κ3) is 13.6. The molecule has 49 heavy (non-hydrogen) atoms. The lowest BCUT2D eigenvalue weighted by Crippen LogP contribution is -2.53. The number of benzene rings is 4. The lowest BCUT2D eigenvalue weighted by Gasteiger charge is -2.46. The second-order valence-electron chi connectivity index (χ2n) is 12.4. The van der Waals surface area contributed by atoms with Crippen LogP contribution in [0.2, 0.25) is 0 Å². The van der Waals surface area contributed by atoms with Crippen LogP contribution in [-0.2, 0) is 11.3 Å². The van der Waals surface area contributed by atoms with Gasteiger partial charge in [0.25, 0.3) is 0 Å². The third-order valence-corrected chi connectivity index (χ3v) is 8.61. The first-order chi connectivity index (χ1) is 23.8. The van der Waals surface area contributed by atoms with Gasteiger partial charge in [-0.1, -0.05) is 89.8 Å². The number of hydrogen-bond acceptors (Lipinski definition) is 3. The zero-order valence-electron chi connectivity index (χ0n) is 29.7. The Bertz CT molecular complexity index is 1410. The first-order valence-electron chi connectivity index (χ1n) is 17.8. The molecule has 0 radical (unpaired) electrons. The molecule has 264 valence electrons. The van der Waals surface area contributed by atoms with E-state index < -0.39 is 19.0 Å². The van der Waals surface area contributed by atoms with Crippen LogP contribution in [0.15, 0.2) is 97.1 Å². The largest absolute Gasteiger partial charge is 0.788 e. The Morgan fingerprint density at radius 3 is 1.65 bits per heavy atom. The molecule has 0 fully saturated rings. The SMILES string of the molecule is CCCC[N+](CCCC)(CCCC)C(CCC)c1ccccc1COB(Oc1cccc(F)c1)Oc1cccc(F)c1.Fc1c[c-]ccc1. The van der Waals surface area contributed by atoms with Gasteiger partial charge in [-0.25, -0.2) is 8.78 Å². The molecule has 8 heteroatoms. The molecule has 4 aromatic rings. The minimum atomic E-state index is -1.20. The second-order valence-corrected chi connectivity index (χ2v) is 12.4. The van der Waals surface area contributed by atoms with Crippen molar-refractivity contribution >= 4 is 7.32 Å². The summed E-state index contributed by atoms with van der Waals surface area (Å²) in [6, 6.07) is 29.1. The Morgan fingerprint density at radius 1 is 0.653 bits per heavy atom. The Hall–Kier alpha value is -3.75. The van der Waals surface area contributed by atoms with Gasteiger partial charge < -0.3 is 18.4 Å². The van der Waals surface area contributed by atoms with Crippen molar-refractivity contribution in [2.75, 3.05) is 19.6 Å². The highest BCUT2D eigenvalue weighted by Gasteiger charge is 2.38. The molecule has 0 amide bonds. The Morgan fingerprint density at radius 2 is 1.20 bits per heavy atom. The van der Waals surface area contributed by atoms with Gasteiger partial charge in [-0.15, -0.1) is 12.1 Å². The lowest BCUT2D eigenvalue weighted by atomic mass is 9.92. The van der Waals surface area contributed by atoms with E-state index >= 15 is 0 Å². The van der Waals surface area contributed by atoms with Crippen molar-refractivity contribution in [2.24, 2.45) is 0 Å². The van der Waals surface area contributed by atoms with Gasteiger partial charge in [0.05, 0.1) is 26.2 Å². The Balaban J connectivity index is 0.000000823. The molecule has 1 atom stereocenters. The molecule has 0 saturated carbocycles. The predicted octanol–water partition coefficient (Wildman–Crippen LogP) is 11.3. The van der Waals surface area contributed by atoms with Gasteiger partial charge in [0.1, 0.15) is 29.2 Å². The standard InChI is InChI=1S/C35H49BF2NO3.C6H4F/c1-5-9-23-39(24-10-6-2,25-11-7-3)35(16-8-4)34-22-13-12-17-29(34)28-40-36(41-32-20-14-18-30(37)26-32)42-33-21-15-19-31(38)27-33;7-6-4-2-1-3-5-6/h12-15,17-22,26-27,35H,5-11,16,23-25,28H2,1-4H3;1-2,4-5H/q+1;-1. The topological polar surface area (TPSA) is 27.7 Å². The quantitative estimate of drug-likeness (QED) is 0.0530. The zero-order valence-corrected chi connectivity index (χ0v) is 29.7. The molecule has 4 aromatic carbocycles. The molecule has 0 aliphatic heterocycles. The molecule has 0 aliphatic carbocycles. The zero-order chi connectivity index (χ0) is 35.3. The van der Waals surface area contributed by atoms with E-state index in [1.807, 2.05) is 6.07 Å². The van der Waals surface area contributed by atoms with Crippen LogP contribution in [0.25, 0.3) is 0 Å². The molecule has 0 bridgehead atoms. The molecule has 4 rings (SSSR count). The van der Waals surface area contributed by atoms with Crippen LogP contribution in [-0.4, -0.2) is 31.4 Å². The first-order valence-corrected chi connectivity index (χ1v) is 17.8. The summed E-state index contributed by atoms with van der Waals surface area (Å²) in [5, 5.41) is 0. The van der Waals surface area contributed by atoms with Gasteiger partial charge in [-0.2, -0.15) is 18.2 Å². The summed E-state index contributed by atoms with van der Waals surface area (Å²) in [6.07, 6.45) is 9.34. The summed E-state index contributed by atoms with van der Waals surface area (Å²) in [7, 11) is -1.20. The van der Waals surface area contributed by atoms with Crippen molar-refractivity contribution in [2.45, 2.75) is 91.7 Å². The summed E-state index contributed by atoms with van der Waals surface area (Å²) in [5.74, 6) is -0.552.